The van der Waals surface area contributed by atoms with E-state index in [-0.39, 0.29) is 17.9 Å². The van der Waals surface area contributed by atoms with E-state index in [0.717, 1.165) is 23.7 Å². The number of carbonyl (C=O) groups excluding carboxylic acids is 1. The topological polar surface area (TPSA) is 52.0 Å². The molecule has 0 aliphatic heterocycles. The van der Waals surface area contributed by atoms with Gasteiger partial charge in [0.1, 0.15) is 0 Å². The standard InChI is InChI=1S/C20H19BrN2O2/c1-2-3-4-14-5-7-15(8-6-14)19(24)12-23-13-22-18-10-9-16(21)11-17(18)20(23)25/h5-11,13H,2-4,12H2,1H3. The monoisotopic (exact) mass is 398 g/mol. The van der Waals surface area contributed by atoms with Crippen molar-refractivity contribution in [1.29, 1.82) is 0 Å². The van der Waals surface area contributed by atoms with Crippen LogP contribution in [0.2, 0.25) is 0 Å². The van der Waals surface area contributed by atoms with Gasteiger partial charge in [0.15, 0.2) is 5.78 Å². The van der Waals surface area contributed by atoms with Crippen molar-refractivity contribution < 1.29 is 4.79 Å². The molecule has 1 heterocycles. The fourth-order valence-electron chi connectivity index (χ4n) is 2.73. The molecule has 128 valence electrons. The van der Waals surface area contributed by atoms with E-state index in [1.165, 1.54) is 16.5 Å². The smallest absolute Gasteiger partial charge is 0.261 e. The first-order valence-corrected chi connectivity index (χ1v) is 9.14. The number of nitrogens with zero attached hydrogens (tertiary/aromatic N) is 2. The number of fused-ring (bicyclic) bond motifs is 1. The Labute approximate surface area is 154 Å². The summed E-state index contributed by atoms with van der Waals surface area (Å²) in [5.41, 5.74) is 2.26. The summed E-state index contributed by atoms with van der Waals surface area (Å²) in [6.07, 6.45) is 4.75. The van der Waals surface area contributed by atoms with Gasteiger partial charge in [-0.3, -0.25) is 14.2 Å². The van der Waals surface area contributed by atoms with Crippen LogP contribution < -0.4 is 5.56 Å². The second kappa shape index (κ2) is 7.74. The number of carbonyl (C=O) groups is 1. The number of hydrogen-bond acceptors (Lipinski definition) is 3. The number of rotatable bonds is 6. The minimum atomic E-state index is -0.209. The Balaban J connectivity index is 1.82. The molecule has 0 N–H and O–H groups in total. The van der Waals surface area contributed by atoms with Crippen molar-refractivity contribution >= 4 is 32.6 Å². The van der Waals surface area contributed by atoms with Gasteiger partial charge in [-0.2, -0.15) is 0 Å². The van der Waals surface area contributed by atoms with Gasteiger partial charge in [-0.1, -0.05) is 53.5 Å². The SMILES string of the molecule is CCCCc1ccc(C(=O)Cn2cnc3ccc(Br)cc3c2=O)cc1. The maximum absolute atomic E-state index is 12.6. The van der Waals surface area contributed by atoms with Crippen molar-refractivity contribution in [3.8, 4) is 0 Å². The molecule has 0 amide bonds. The van der Waals surface area contributed by atoms with Gasteiger partial charge >= 0.3 is 0 Å². The van der Waals surface area contributed by atoms with Crippen LogP contribution >= 0.6 is 15.9 Å². The molecule has 25 heavy (non-hydrogen) atoms. The highest BCUT2D eigenvalue weighted by atomic mass is 79.9. The third-order valence-corrected chi connectivity index (χ3v) is 4.69. The maximum atomic E-state index is 12.6. The Hall–Kier alpha value is -2.27. The van der Waals surface area contributed by atoms with Crippen LogP contribution in [0.5, 0.6) is 0 Å². The van der Waals surface area contributed by atoms with E-state index in [1.807, 2.05) is 30.3 Å². The van der Waals surface area contributed by atoms with Gasteiger partial charge in [-0.05, 0) is 36.6 Å². The van der Waals surface area contributed by atoms with Crippen molar-refractivity contribution in [1.82, 2.24) is 9.55 Å². The highest BCUT2D eigenvalue weighted by Gasteiger charge is 2.10. The van der Waals surface area contributed by atoms with E-state index in [0.29, 0.717) is 16.5 Å². The molecule has 0 radical (unpaired) electrons. The summed E-state index contributed by atoms with van der Waals surface area (Å²) in [7, 11) is 0. The Morgan fingerprint density at radius 2 is 1.92 bits per heavy atom. The highest BCUT2D eigenvalue weighted by molar-refractivity contribution is 9.10. The van der Waals surface area contributed by atoms with E-state index in [2.05, 4.69) is 27.8 Å². The molecule has 1 aromatic heterocycles. The average Bonchev–Trinajstić information content (AvgIpc) is 2.63. The number of aryl methyl sites for hydroxylation is 1. The lowest BCUT2D eigenvalue weighted by atomic mass is 10.0. The van der Waals surface area contributed by atoms with Crippen molar-refractivity contribution in [2.24, 2.45) is 0 Å². The van der Waals surface area contributed by atoms with Crippen LogP contribution in [0.25, 0.3) is 10.9 Å². The van der Waals surface area contributed by atoms with Gasteiger partial charge in [-0.25, -0.2) is 4.98 Å². The fraction of sp³-hybridized carbons (Fsp3) is 0.250. The molecule has 5 heteroatoms. The molecule has 0 saturated heterocycles. The first-order chi connectivity index (χ1) is 12.1. The highest BCUT2D eigenvalue weighted by Crippen LogP contribution is 2.15. The lowest BCUT2D eigenvalue weighted by Gasteiger charge is -2.07. The van der Waals surface area contributed by atoms with Crippen LogP contribution in [-0.4, -0.2) is 15.3 Å². The lowest BCUT2D eigenvalue weighted by Crippen LogP contribution is -2.24. The molecule has 0 aliphatic carbocycles. The first-order valence-electron chi connectivity index (χ1n) is 8.35. The molecule has 4 nitrogen and oxygen atoms in total. The van der Waals surface area contributed by atoms with Crippen molar-refractivity contribution in [2.75, 3.05) is 0 Å². The molecular formula is C20H19BrN2O2. The predicted molar refractivity (Wildman–Crippen MR) is 103 cm³/mol. The predicted octanol–water partition coefficient (Wildman–Crippen LogP) is 4.38. The quantitative estimate of drug-likeness (QED) is 0.578. The third-order valence-electron chi connectivity index (χ3n) is 4.19. The molecule has 0 unspecified atom stereocenters. The zero-order valence-electron chi connectivity index (χ0n) is 14.0. The van der Waals surface area contributed by atoms with Crippen molar-refractivity contribution in [2.45, 2.75) is 32.7 Å². The Morgan fingerprint density at radius 1 is 1.16 bits per heavy atom. The summed E-state index contributed by atoms with van der Waals surface area (Å²) >= 11 is 3.36. The molecule has 3 rings (SSSR count). The summed E-state index contributed by atoms with van der Waals surface area (Å²) in [6.45, 7) is 2.15. The number of aromatic nitrogens is 2. The third kappa shape index (κ3) is 4.04. The van der Waals surface area contributed by atoms with Crippen LogP contribution in [0.15, 0.2) is 58.1 Å². The van der Waals surface area contributed by atoms with Gasteiger partial charge in [0.25, 0.3) is 5.56 Å². The number of unbranched alkanes of at least 4 members (excludes halogenated alkanes) is 1. The Morgan fingerprint density at radius 3 is 2.64 bits per heavy atom. The molecule has 0 bridgehead atoms. The second-order valence-corrected chi connectivity index (χ2v) is 6.98. The number of halogens is 1. The summed E-state index contributed by atoms with van der Waals surface area (Å²) in [4.78, 5) is 29.3. The Kier molecular flexibility index (Phi) is 5.43. The van der Waals surface area contributed by atoms with Gasteiger partial charge in [0.05, 0.1) is 23.8 Å². The molecule has 0 atom stereocenters. The van der Waals surface area contributed by atoms with Gasteiger partial charge < -0.3 is 0 Å². The largest absolute Gasteiger partial charge is 0.292 e. The number of ketones is 1. The van der Waals surface area contributed by atoms with Gasteiger partial charge in [-0.15, -0.1) is 0 Å². The minimum Gasteiger partial charge on any atom is -0.292 e. The van der Waals surface area contributed by atoms with E-state index in [4.69, 9.17) is 0 Å². The van der Waals surface area contributed by atoms with Crippen LogP contribution in [-0.2, 0) is 13.0 Å². The molecule has 0 aliphatic rings. The zero-order valence-corrected chi connectivity index (χ0v) is 15.6. The molecular weight excluding hydrogens is 380 g/mol. The first kappa shape index (κ1) is 17.5. The summed E-state index contributed by atoms with van der Waals surface area (Å²) in [5.74, 6) is -0.0970. The maximum Gasteiger partial charge on any atom is 0.261 e. The average molecular weight is 399 g/mol. The van der Waals surface area contributed by atoms with Crippen molar-refractivity contribution in [3.63, 3.8) is 0 Å². The normalized spacial score (nSPS) is 11.0. The summed E-state index contributed by atoms with van der Waals surface area (Å²) < 4.78 is 2.17. The van der Waals surface area contributed by atoms with E-state index in [1.54, 1.807) is 12.1 Å². The zero-order chi connectivity index (χ0) is 17.8. The summed E-state index contributed by atoms with van der Waals surface area (Å²) in [5, 5.41) is 0.500. The van der Waals surface area contributed by atoms with Gasteiger partial charge in [0, 0.05) is 10.0 Å². The molecule has 2 aromatic carbocycles. The number of Topliss-reactive ketones (excluding diaryl/α,β-unsaturated/α-hetero) is 1. The molecule has 0 saturated carbocycles. The lowest BCUT2D eigenvalue weighted by molar-refractivity contribution is 0.0970. The van der Waals surface area contributed by atoms with Crippen molar-refractivity contribution in [3.05, 3.63) is 74.7 Å². The van der Waals surface area contributed by atoms with Gasteiger partial charge in [0.2, 0.25) is 0 Å². The van der Waals surface area contributed by atoms with E-state index in [9.17, 15) is 9.59 Å². The molecule has 0 fully saturated rings. The van der Waals surface area contributed by atoms with Crippen LogP contribution in [0.3, 0.4) is 0 Å². The minimum absolute atomic E-state index is 0.0113. The van der Waals surface area contributed by atoms with Crippen LogP contribution in [0.4, 0.5) is 0 Å². The summed E-state index contributed by atoms with van der Waals surface area (Å²) in [6, 6.07) is 13.0. The molecule has 0 spiro atoms. The van der Waals surface area contributed by atoms with Crippen LogP contribution in [0, 0.1) is 0 Å². The van der Waals surface area contributed by atoms with Crippen LogP contribution in [0.1, 0.15) is 35.7 Å². The number of benzene rings is 2. The number of hydrogen-bond donors (Lipinski definition) is 0. The van der Waals surface area contributed by atoms with E-state index < -0.39 is 0 Å². The van der Waals surface area contributed by atoms with E-state index >= 15 is 0 Å². The fourth-order valence-corrected chi connectivity index (χ4v) is 3.09. The molecule has 3 aromatic rings. The second-order valence-electron chi connectivity index (χ2n) is 6.06. The Bertz CT molecular complexity index is 962.